The van der Waals surface area contributed by atoms with Gasteiger partial charge in [0.25, 0.3) is 0 Å². The summed E-state index contributed by atoms with van der Waals surface area (Å²) in [4.78, 5) is 40.8. The SMILES string of the molecule is Cc1ccc(NC(=O)Nc2ccc(Oc3cc(N4CCN(OC(=O)C(C)(C)C)C[C@H]4C)ncn3)cc2)cc1C(F)(F)F. The zero-order valence-electron chi connectivity index (χ0n) is 24.0. The van der Waals surface area contributed by atoms with E-state index in [9.17, 15) is 22.8 Å². The second-order valence-electron chi connectivity index (χ2n) is 11.0. The van der Waals surface area contributed by atoms with E-state index in [0.717, 1.165) is 6.07 Å². The molecule has 2 aromatic carbocycles. The highest BCUT2D eigenvalue weighted by molar-refractivity contribution is 5.99. The number of hydrogen-bond donors (Lipinski definition) is 2. The average Bonchev–Trinajstić information content (AvgIpc) is 2.90. The van der Waals surface area contributed by atoms with E-state index in [4.69, 9.17) is 9.57 Å². The highest BCUT2D eigenvalue weighted by atomic mass is 19.4. The molecule has 2 N–H and O–H groups in total. The zero-order chi connectivity index (χ0) is 30.7. The third kappa shape index (κ3) is 7.87. The molecular formula is C29H33F3N6O4. The van der Waals surface area contributed by atoms with Crippen LogP contribution in [0.15, 0.2) is 54.9 Å². The molecule has 0 aliphatic carbocycles. The van der Waals surface area contributed by atoms with Crippen LogP contribution < -0.4 is 20.3 Å². The van der Waals surface area contributed by atoms with Crippen LogP contribution in [0.5, 0.6) is 11.6 Å². The first-order valence-electron chi connectivity index (χ1n) is 13.3. The molecule has 1 fully saturated rings. The number of carbonyl (C=O) groups excluding carboxylic acids is 2. The monoisotopic (exact) mass is 586 g/mol. The van der Waals surface area contributed by atoms with E-state index in [0.29, 0.717) is 42.8 Å². The van der Waals surface area contributed by atoms with Crippen LogP contribution in [0.3, 0.4) is 0 Å². The summed E-state index contributed by atoms with van der Waals surface area (Å²) in [6.07, 6.45) is -3.12. The molecule has 4 rings (SSSR count). The van der Waals surface area contributed by atoms with Gasteiger partial charge in [-0.2, -0.15) is 13.2 Å². The van der Waals surface area contributed by atoms with Gasteiger partial charge in [-0.05, 0) is 76.6 Å². The number of amides is 2. The summed E-state index contributed by atoms with van der Waals surface area (Å²) in [5.41, 5.74) is -0.911. The minimum absolute atomic E-state index is 0.00531. The summed E-state index contributed by atoms with van der Waals surface area (Å²) in [6, 6.07) is 11.0. The number of halogens is 3. The van der Waals surface area contributed by atoms with Crippen molar-refractivity contribution in [1.29, 1.82) is 0 Å². The molecule has 2 amide bonds. The average molecular weight is 587 g/mol. The quantitative estimate of drug-likeness (QED) is 0.349. The van der Waals surface area contributed by atoms with Crippen LogP contribution in [0.4, 0.5) is 35.2 Å². The van der Waals surface area contributed by atoms with Gasteiger partial charge in [-0.15, -0.1) is 5.06 Å². The molecule has 224 valence electrons. The molecule has 1 aliphatic rings. The van der Waals surface area contributed by atoms with Crippen LogP contribution in [-0.2, 0) is 15.8 Å². The molecule has 3 aromatic rings. The van der Waals surface area contributed by atoms with Gasteiger partial charge in [0, 0.05) is 30.0 Å². The summed E-state index contributed by atoms with van der Waals surface area (Å²) >= 11 is 0. The van der Waals surface area contributed by atoms with Gasteiger partial charge < -0.3 is 25.1 Å². The number of rotatable bonds is 6. The van der Waals surface area contributed by atoms with Crippen molar-refractivity contribution in [2.24, 2.45) is 5.41 Å². The predicted molar refractivity (Wildman–Crippen MR) is 151 cm³/mol. The van der Waals surface area contributed by atoms with E-state index < -0.39 is 23.2 Å². The standard InChI is InChI=1S/C29H33F3N6O4/c1-18-6-7-21(14-23(18)29(30,31)32)36-27(40)35-20-8-10-22(11-9-20)41-25-15-24(33-17-34-25)38-13-12-37(16-19(38)2)42-26(39)28(3,4)5/h6-11,14-15,17,19H,12-13,16H2,1-5H3,(H2,35,36,40)/t19-/m1/s1. The number of nitrogens with zero attached hydrogens (tertiary/aromatic N) is 4. The van der Waals surface area contributed by atoms with Gasteiger partial charge in [0.2, 0.25) is 5.88 Å². The van der Waals surface area contributed by atoms with Gasteiger partial charge in [0.15, 0.2) is 0 Å². The van der Waals surface area contributed by atoms with Crippen molar-refractivity contribution < 1.29 is 32.3 Å². The van der Waals surface area contributed by atoms with Crippen LogP contribution >= 0.6 is 0 Å². The van der Waals surface area contributed by atoms with Crippen molar-refractivity contribution in [3.63, 3.8) is 0 Å². The maximum atomic E-state index is 13.2. The normalized spacial score (nSPS) is 16.1. The van der Waals surface area contributed by atoms with Gasteiger partial charge >= 0.3 is 18.2 Å². The van der Waals surface area contributed by atoms with Gasteiger partial charge in [0.05, 0.1) is 24.1 Å². The van der Waals surface area contributed by atoms with Crippen LogP contribution in [0.1, 0.15) is 38.8 Å². The number of hydrogen-bond acceptors (Lipinski definition) is 8. The number of aromatic nitrogens is 2. The number of ether oxygens (including phenoxy) is 1. The van der Waals surface area contributed by atoms with Gasteiger partial charge in [-0.3, -0.25) is 0 Å². The molecule has 0 saturated carbocycles. The summed E-state index contributed by atoms with van der Waals surface area (Å²) < 4.78 is 45.4. The van der Waals surface area contributed by atoms with E-state index in [1.165, 1.54) is 25.4 Å². The molecule has 42 heavy (non-hydrogen) atoms. The fourth-order valence-corrected chi connectivity index (χ4v) is 4.17. The molecule has 1 saturated heterocycles. The summed E-state index contributed by atoms with van der Waals surface area (Å²) in [5, 5.41) is 6.66. The number of urea groups is 1. The number of aryl methyl sites for hydroxylation is 1. The van der Waals surface area contributed by atoms with Gasteiger partial charge in [-0.25, -0.2) is 19.6 Å². The highest BCUT2D eigenvalue weighted by Gasteiger charge is 2.33. The predicted octanol–water partition coefficient (Wildman–Crippen LogP) is 6.25. The number of benzene rings is 2. The second-order valence-corrected chi connectivity index (χ2v) is 11.0. The Kier molecular flexibility index (Phi) is 8.90. The molecule has 10 nitrogen and oxygen atoms in total. The van der Waals surface area contributed by atoms with Crippen LogP contribution in [0.2, 0.25) is 0 Å². The first-order valence-corrected chi connectivity index (χ1v) is 13.3. The Labute approximate surface area is 241 Å². The van der Waals surface area contributed by atoms with E-state index in [1.807, 2.05) is 27.7 Å². The van der Waals surface area contributed by atoms with Crippen LogP contribution in [0, 0.1) is 12.3 Å². The summed E-state index contributed by atoms with van der Waals surface area (Å²) in [5.74, 6) is 1.14. The van der Waals surface area contributed by atoms with Gasteiger partial charge in [0.1, 0.15) is 17.9 Å². The van der Waals surface area contributed by atoms with Crippen molar-refractivity contribution in [1.82, 2.24) is 15.0 Å². The molecule has 1 aromatic heterocycles. The Morgan fingerprint density at radius 2 is 1.62 bits per heavy atom. The van der Waals surface area contributed by atoms with Crippen molar-refractivity contribution in [3.8, 4) is 11.6 Å². The molecule has 0 unspecified atom stereocenters. The third-order valence-electron chi connectivity index (χ3n) is 6.47. The topological polar surface area (TPSA) is 109 Å². The molecule has 0 spiro atoms. The highest BCUT2D eigenvalue weighted by Crippen LogP contribution is 2.33. The minimum atomic E-state index is -4.52. The lowest BCUT2D eigenvalue weighted by Gasteiger charge is -2.39. The number of hydroxylamine groups is 2. The molecule has 1 aliphatic heterocycles. The Hall–Kier alpha value is -4.39. The van der Waals surface area contributed by atoms with Crippen molar-refractivity contribution >= 4 is 29.2 Å². The van der Waals surface area contributed by atoms with E-state index >= 15 is 0 Å². The number of piperazine rings is 1. The second kappa shape index (κ2) is 12.2. The number of alkyl halides is 3. The molecule has 13 heteroatoms. The molecule has 0 bridgehead atoms. The summed E-state index contributed by atoms with van der Waals surface area (Å²) in [6.45, 7) is 10.4. The van der Waals surface area contributed by atoms with Crippen molar-refractivity contribution in [2.45, 2.75) is 46.8 Å². The van der Waals surface area contributed by atoms with E-state index in [-0.39, 0.29) is 23.3 Å². The van der Waals surface area contributed by atoms with E-state index in [1.54, 1.807) is 35.4 Å². The number of carbonyl (C=O) groups is 2. The fourth-order valence-electron chi connectivity index (χ4n) is 4.17. The number of anilines is 3. The largest absolute Gasteiger partial charge is 0.439 e. The lowest BCUT2D eigenvalue weighted by molar-refractivity contribution is -0.203. The zero-order valence-corrected chi connectivity index (χ0v) is 24.0. The fraction of sp³-hybridized carbons (Fsp3) is 0.379. The first kappa shape index (κ1) is 30.6. The Balaban J connectivity index is 1.33. The maximum Gasteiger partial charge on any atom is 0.416 e. The molecular weight excluding hydrogens is 553 g/mol. The van der Waals surface area contributed by atoms with Crippen LogP contribution in [-0.4, -0.2) is 52.7 Å². The molecule has 0 radical (unpaired) electrons. The first-order chi connectivity index (χ1) is 19.7. The molecule has 2 heterocycles. The minimum Gasteiger partial charge on any atom is -0.439 e. The maximum absolute atomic E-state index is 13.2. The van der Waals surface area contributed by atoms with Gasteiger partial charge in [-0.1, -0.05) is 6.07 Å². The number of nitrogens with one attached hydrogen (secondary N) is 2. The molecule has 1 atom stereocenters. The lowest BCUT2D eigenvalue weighted by Crippen LogP contribution is -2.53. The Morgan fingerprint density at radius 3 is 2.26 bits per heavy atom. The summed E-state index contributed by atoms with van der Waals surface area (Å²) in [7, 11) is 0. The Bertz CT molecular complexity index is 1430. The Morgan fingerprint density at radius 1 is 0.952 bits per heavy atom. The van der Waals surface area contributed by atoms with Crippen molar-refractivity contribution in [2.75, 3.05) is 35.2 Å². The van der Waals surface area contributed by atoms with Crippen LogP contribution in [0.25, 0.3) is 0 Å². The van der Waals surface area contributed by atoms with Crippen molar-refractivity contribution in [3.05, 3.63) is 66.0 Å². The lowest BCUT2D eigenvalue weighted by atomic mass is 9.98. The third-order valence-corrected chi connectivity index (χ3v) is 6.47. The van der Waals surface area contributed by atoms with E-state index in [2.05, 4.69) is 25.5 Å². The smallest absolute Gasteiger partial charge is 0.416 e.